The van der Waals surface area contributed by atoms with Crippen LogP contribution in [0.4, 0.5) is 17.2 Å². The molecule has 280 valence electrons. The van der Waals surface area contributed by atoms with Crippen molar-refractivity contribution in [1.82, 2.24) is 19.5 Å². The van der Waals surface area contributed by atoms with Crippen molar-refractivity contribution in [2.24, 2.45) is 0 Å². The third-order valence-electron chi connectivity index (χ3n) is 11.8. The van der Waals surface area contributed by atoms with Crippen LogP contribution in [0.1, 0.15) is 25.0 Å². The molecule has 1 aliphatic heterocycles. The standard InChI is InChI=1S/C54H39N5/c1-54(2)43-28-16-18-30-49(43)58(52-32-40(36-19-7-3-8-20-36)31-45(55-52)37-21-9-4-10-22-37)51-33-42-41-27-15-17-29-48(41)59(50(42)34-44(51)54)53-56-46(38-23-11-5-12-24-38)35-47(57-53)39-25-13-6-14-26-39/h3-35H,1-2H3. The number of aromatic nitrogens is 4. The Hall–Kier alpha value is -7.63. The van der Waals surface area contributed by atoms with Crippen LogP contribution in [0, 0.1) is 0 Å². The summed E-state index contributed by atoms with van der Waals surface area (Å²) < 4.78 is 2.26. The van der Waals surface area contributed by atoms with E-state index in [9.17, 15) is 0 Å². The van der Waals surface area contributed by atoms with Gasteiger partial charge in [-0.15, -0.1) is 0 Å². The monoisotopic (exact) mass is 757 g/mol. The molecule has 0 N–H and O–H groups in total. The summed E-state index contributed by atoms with van der Waals surface area (Å²) in [5.41, 5.74) is 14.5. The number of pyridine rings is 1. The second-order valence-corrected chi connectivity index (χ2v) is 15.7. The van der Waals surface area contributed by atoms with E-state index in [4.69, 9.17) is 15.0 Å². The first-order chi connectivity index (χ1) is 29.0. The van der Waals surface area contributed by atoms with Crippen molar-refractivity contribution in [2.45, 2.75) is 19.3 Å². The Morgan fingerprint density at radius 2 is 0.898 bits per heavy atom. The Bertz CT molecular complexity index is 3060. The lowest BCUT2D eigenvalue weighted by Crippen LogP contribution is -2.31. The molecule has 59 heavy (non-hydrogen) atoms. The van der Waals surface area contributed by atoms with Gasteiger partial charge in [-0.2, -0.15) is 0 Å². The number of para-hydroxylation sites is 2. The molecule has 4 heterocycles. The van der Waals surface area contributed by atoms with Gasteiger partial charge in [0.05, 0.1) is 39.5 Å². The van der Waals surface area contributed by atoms with Gasteiger partial charge >= 0.3 is 0 Å². The fourth-order valence-electron chi connectivity index (χ4n) is 8.86. The maximum absolute atomic E-state index is 5.47. The molecule has 0 aliphatic carbocycles. The van der Waals surface area contributed by atoms with E-state index in [2.05, 4.69) is 211 Å². The van der Waals surface area contributed by atoms with E-state index in [1.54, 1.807) is 0 Å². The van der Waals surface area contributed by atoms with E-state index in [1.807, 2.05) is 12.1 Å². The van der Waals surface area contributed by atoms with Crippen LogP contribution in [0.25, 0.3) is 72.7 Å². The van der Waals surface area contributed by atoms with Crippen molar-refractivity contribution in [2.75, 3.05) is 4.90 Å². The molecule has 0 fully saturated rings. The number of hydrogen-bond donors (Lipinski definition) is 0. The molecule has 3 aromatic heterocycles. The maximum Gasteiger partial charge on any atom is 0.235 e. The van der Waals surface area contributed by atoms with Gasteiger partial charge in [-0.25, -0.2) is 15.0 Å². The van der Waals surface area contributed by atoms with Crippen molar-refractivity contribution in [1.29, 1.82) is 0 Å². The van der Waals surface area contributed by atoms with Crippen LogP contribution in [0.15, 0.2) is 200 Å². The minimum absolute atomic E-state index is 0.348. The van der Waals surface area contributed by atoms with E-state index in [-0.39, 0.29) is 5.41 Å². The highest BCUT2D eigenvalue weighted by Crippen LogP contribution is 2.54. The molecule has 1 aliphatic rings. The van der Waals surface area contributed by atoms with Crippen LogP contribution >= 0.6 is 0 Å². The number of anilines is 3. The van der Waals surface area contributed by atoms with E-state index in [0.29, 0.717) is 5.95 Å². The summed E-state index contributed by atoms with van der Waals surface area (Å²) in [6, 6.07) is 70.6. The van der Waals surface area contributed by atoms with E-state index >= 15 is 0 Å². The number of rotatable bonds is 6. The molecule has 7 aromatic carbocycles. The predicted octanol–water partition coefficient (Wildman–Crippen LogP) is 13.7. The Morgan fingerprint density at radius 3 is 1.53 bits per heavy atom. The molecule has 0 amide bonds. The second kappa shape index (κ2) is 13.8. The molecule has 0 atom stereocenters. The number of hydrogen-bond acceptors (Lipinski definition) is 4. The Morgan fingerprint density at radius 1 is 0.373 bits per heavy atom. The first-order valence-electron chi connectivity index (χ1n) is 20.1. The van der Waals surface area contributed by atoms with Crippen LogP contribution in [0.2, 0.25) is 0 Å². The van der Waals surface area contributed by atoms with E-state index in [1.165, 1.54) is 11.1 Å². The van der Waals surface area contributed by atoms with Crippen molar-refractivity contribution < 1.29 is 0 Å². The molecule has 11 rings (SSSR count). The molecule has 0 bridgehead atoms. The number of benzene rings is 7. The zero-order chi connectivity index (χ0) is 39.5. The first-order valence-corrected chi connectivity index (χ1v) is 20.1. The molecule has 5 heteroatoms. The van der Waals surface area contributed by atoms with Gasteiger partial charge in [0.1, 0.15) is 5.82 Å². The maximum atomic E-state index is 5.47. The molecule has 0 saturated heterocycles. The molecule has 10 aromatic rings. The fraction of sp³-hybridized carbons (Fsp3) is 0.0556. The fourth-order valence-corrected chi connectivity index (χ4v) is 8.86. The van der Waals surface area contributed by atoms with Crippen LogP contribution < -0.4 is 4.90 Å². The van der Waals surface area contributed by atoms with Gasteiger partial charge < -0.3 is 0 Å². The normalized spacial score (nSPS) is 13.0. The predicted molar refractivity (Wildman–Crippen MR) is 243 cm³/mol. The summed E-state index contributed by atoms with van der Waals surface area (Å²) >= 11 is 0. The zero-order valence-corrected chi connectivity index (χ0v) is 32.8. The quantitative estimate of drug-likeness (QED) is 0.169. The average Bonchev–Trinajstić information content (AvgIpc) is 3.63. The minimum atomic E-state index is -0.348. The van der Waals surface area contributed by atoms with Crippen molar-refractivity contribution in [3.05, 3.63) is 211 Å². The molecule has 0 unspecified atom stereocenters. The average molecular weight is 758 g/mol. The van der Waals surface area contributed by atoms with Gasteiger partial charge in [0, 0.05) is 32.9 Å². The second-order valence-electron chi connectivity index (χ2n) is 15.7. The van der Waals surface area contributed by atoms with E-state index < -0.39 is 0 Å². The Balaban J connectivity index is 1.20. The molecule has 0 spiro atoms. The van der Waals surface area contributed by atoms with Gasteiger partial charge in [0.25, 0.3) is 0 Å². The summed E-state index contributed by atoms with van der Waals surface area (Å²) in [5.74, 6) is 1.50. The lowest BCUT2D eigenvalue weighted by Gasteiger charge is -2.41. The van der Waals surface area contributed by atoms with Crippen LogP contribution in [-0.4, -0.2) is 19.5 Å². The highest BCUT2D eigenvalue weighted by molar-refractivity contribution is 6.11. The van der Waals surface area contributed by atoms with Crippen molar-refractivity contribution in [3.8, 4) is 50.8 Å². The minimum Gasteiger partial charge on any atom is -0.294 e. The molecule has 5 nitrogen and oxygen atoms in total. The van der Waals surface area contributed by atoms with Crippen LogP contribution in [-0.2, 0) is 5.41 Å². The molecular weight excluding hydrogens is 719 g/mol. The highest BCUT2D eigenvalue weighted by Gasteiger charge is 2.38. The third-order valence-corrected chi connectivity index (χ3v) is 11.8. The van der Waals surface area contributed by atoms with Gasteiger partial charge in [-0.1, -0.05) is 172 Å². The lowest BCUT2D eigenvalue weighted by atomic mass is 9.73. The first kappa shape index (κ1) is 34.6. The highest BCUT2D eigenvalue weighted by atomic mass is 15.2. The van der Waals surface area contributed by atoms with Crippen LogP contribution in [0.5, 0.6) is 0 Å². The molecular formula is C54H39N5. The smallest absolute Gasteiger partial charge is 0.235 e. The summed E-state index contributed by atoms with van der Waals surface area (Å²) in [5, 5.41) is 2.25. The summed E-state index contributed by atoms with van der Waals surface area (Å²) in [7, 11) is 0. The topological polar surface area (TPSA) is 46.8 Å². The van der Waals surface area contributed by atoms with Crippen LogP contribution in [0.3, 0.4) is 0 Å². The van der Waals surface area contributed by atoms with Gasteiger partial charge in [-0.3, -0.25) is 9.47 Å². The lowest BCUT2D eigenvalue weighted by molar-refractivity contribution is 0.632. The molecule has 0 radical (unpaired) electrons. The van der Waals surface area contributed by atoms with Crippen molar-refractivity contribution >= 4 is 39.0 Å². The van der Waals surface area contributed by atoms with Gasteiger partial charge in [0.2, 0.25) is 5.95 Å². The van der Waals surface area contributed by atoms with Crippen molar-refractivity contribution in [3.63, 3.8) is 0 Å². The third kappa shape index (κ3) is 5.81. The molecule has 0 saturated carbocycles. The largest absolute Gasteiger partial charge is 0.294 e. The Labute approximate surface area is 343 Å². The van der Waals surface area contributed by atoms with Gasteiger partial charge in [-0.05, 0) is 64.7 Å². The van der Waals surface area contributed by atoms with Gasteiger partial charge in [0.15, 0.2) is 0 Å². The number of nitrogens with zero attached hydrogens (tertiary/aromatic N) is 5. The van der Waals surface area contributed by atoms with E-state index in [0.717, 1.165) is 83.9 Å². The summed E-state index contributed by atoms with van der Waals surface area (Å²) in [4.78, 5) is 18.5. The summed E-state index contributed by atoms with van der Waals surface area (Å²) in [6.45, 7) is 4.67. The summed E-state index contributed by atoms with van der Waals surface area (Å²) in [6.07, 6.45) is 0. The Kier molecular flexibility index (Phi) is 8.09. The zero-order valence-electron chi connectivity index (χ0n) is 32.8. The SMILES string of the molecule is CC1(C)c2ccccc2N(c2cc(-c3ccccc3)cc(-c3ccccc3)n2)c2cc3c4ccccc4n(-c4nc(-c5ccccc5)cc(-c5ccccc5)n4)c3cc21. The number of fused-ring (bicyclic) bond motifs is 5.